The zero-order valence-corrected chi connectivity index (χ0v) is 9.73. The van der Waals surface area contributed by atoms with Crippen LogP contribution in [0.2, 0.25) is 0 Å². The highest BCUT2D eigenvalue weighted by molar-refractivity contribution is 5.46. The van der Waals surface area contributed by atoms with Gasteiger partial charge in [0.1, 0.15) is 0 Å². The zero-order chi connectivity index (χ0) is 11.4. The van der Waals surface area contributed by atoms with Gasteiger partial charge in [0.2, 0.25) is 0 Å². The molecule has 1 aromatic rings. The first kappa shape index (κ1) is 11.4. The molecule has 0 aromatic carbocycles. The highest BCUT2D eigenvalue weighted by atomic mass is 14.7. The maximum Gasteiger partial charge on any atom is 0.0393 e. The van der Waals surface area contributed by atoms with Gasteiger partial charge in [0.25, 0.3) is 0 Å². The summed E-state index contributed by atoms with van der Waals surface area (Å²) in [6.45, 7) is 0. The van der Waals surface area contributed by atoms with Crippen molar-refractivity contribution < 1.29 is 0 Å². The quantitative estimate of drug-likeness (QED) is 0.751. The van der Waals surface area contributed by atoms with Crippen LogP contribution in [-0.2, 0) is 0 Å². The molecule has 0 bridgehead atoms. The largest absolute Gasteiger partial charge is 0.398 e. The van der Waals surface area contributed by atoms with Crippen LogP contribution in [0.4, 0.5) is 5.69 Å². The molecule has 1 aliphatic rings. The van der Waals surface area contributed by atoms with Gasteiger partial charge in [-0.3, -0.25) is 4.98 Å². The summed E-state index contributed by atoms with van der Waals surface area (Å²) in [6, 6.07) is 1.90. The molecule has 1 saturated carbocycles. The van der Waals surface area contributed by atoms with Gasteiger partial charge in [0.15, 0.2) is 0 Å². The average molecular weight is 219 g/mol. The van der Waals surface area contributed by atoms with Gasteiger partial charge in [-0.1, -0.05) is 25.7 Å². The Kier molecular flexibility index (Phi) is 3.78. The molecule has 1 fully saturated rings. The summed E-state index contributed by atoms with van der Waals surface area (Å²) in [5.41, 5.74) is 14.1. The molecular weight excluding hydrogens is 198 g/mol. The fourth-order valence-corrected chi connectivity index (χ4v) is 2.62. The fraction of sp³-hybridized carbons (Fsp3) is 0.615. The predicted octanol–water partition coefficient (Wildman–Crippen LogP) is 2.63. The second kappa shape index (κ2) is 5.30. The highest BCUT2D eigenvalue weighted by Gasteiger charge is 2.22. The lowest BCUT2D eigenvalue weighted by Gasteiger charge is -2.23. The van der Waals surface area contributed by atoms with E-state index in [0.29, 0.717) is 5.92 Å². The number of rotatable bonds is 2. The van der Waals surface area contributed by atoms with Crippen molar-refractivity contribution in [2.24, 2.45) is 11.7 Å². The van der Waals surface area contributed by atoms with Gasteiger partial charge < -0.3 is 11.5 Å². The van der Waals surface area contributed by atoms with E-state index in [1.165, 1.54) is 38.5 Å². The Labute approximate surface area is 97.2 Å². The summed E-state index contributed by atoms with van der Waals surface area (Å²) in [7, 11) is 0. The van der Waals surface area contributed by atoms with Gasteiger partial charge in [-0.2, -0.15) is 0 Å². The lowest BCUT2D eigenvalue weighted by Crippen LogP contribution is -2.22. The number of hydrogen-bond donors (Lipinski definition) is 2. The van der Waals surface area contributed by atoms with Gasteiger partial charge in [-0.15, -0.1) is 0 Å². The minimum absolute atomic E-state index is 0.0619. The van der Waals surface area contributed by atoms with E-state index in [2.05, 4.69) is 4.98 Å². The Bertz CT molecular complexity index is 330. The van der Waals surface area contributed by atoms with E-state index in [1.807, 2.05) is 12.3 Å². The Hall–Kier alpha value is -1.09. The van der Waals surface area contributed by atoms with Crippen LogP contribution in [0, 0.1) is 5.92 Å². The Morgan fingerprint density at radius 1 is 1.19 bits per heavy atom. The van der Waals surface area contributed by atoms with Crippen molar-refractivity contribution in [2.45, 2.75) is 44.6 Å². The number of anilines is 1. The summed E-state index contributed by atoms with van der Waals surface area (Å²) in [5.74, 6) is 0.578. The molecule has 0 spiro atoms. The summed E-state index contributed by atoms with van der Waals surface area (Å²) >= 11 is 0. The molecular formula is C13H21N3. The molecule has 3 nitrogen and oxygen atoms in total. The van der Waals surface area contributed by atoms with E-state index in [9.17, 15) is 0 Å². The van der Waals surface area contributed by atoms with E-state index in [4.69, 9.17) is 11.5 Å². The molecule has 0 radical (unpaired) electrons. The number of nitrogens with zero attached hydrogens (tertiary/aromatic N) is 1. The van der Waals surface area contributed by atoms with E-state index in [0.717, 1.165) is 11.3 Å². The fourth-order valence-electron chi connectivity index (χ4n) is 2.62. The van der Waals surface area contributed by atoms with Crippen LogP contribution in [0.5, 0.6) is 0 Å². The maximum atomic E-state index is 6.32. The van der Waals surface area contributed by atoms with Crippen molar-refractivity contribution in [1.82, 2.24) is 4.98 Å². The van der Waals surface area contributed by atoms with Crippen LogP contribution in [0.1, 0.15) is 50.1 Å². The number of aromatic nitrogens is 1. The molecule has 88 valence electrons. The Balaban J connectivity index is 2.11. The minimum atomic E-state index is 0.0619. The molecule has 0 amide bonds. The molecule has 2 rings (SSSR count). The van der Waals surface area contributed by atoms with Gasteiger partial charge >= 0.3 is 0 Å². The van der Waals surface area contributed by atoms with Crippen LogP contribution >= 0.6 is 0 Å². The predicted molar refractivity (Wildman–Crippen MR) is 66.8 cm³/mol. The highest BCUT2D eigenvalue weighted by Crippen LogP contribution is 2.33. The maximum absolute atomic E-state index is 6.32. The SMILES string of the molecule is Nc1ccncc1C(N)C1CCCCCC1. The van der Waals surface area contributed by atoms with Gasteiger partial charge in [0, 0.05) is 29.7 Å². The van der Waals surface area contributed by atoms with Crippen molar-refractivity contribution in [3.05, 3.63) is 24.0 Å². The first-order valence-electron chi connectivity index (χ1n) is 6.24. The third-order valence-electron chi connectivity index (χ3n) is 3.65. The van der Waals surface area contributed by atoms with Crippen molar-refractivity contribution in [3.63, 3.8) is 0 Å². The van der Waals surface area contributed by atoms with Crippen molar-refractivity contribution in [2.75, 3.05) is 5.73 Å². The number of nitrogens with two attached hydrogens (primary N) is 2. The van der Waals surface area contributed by atoms with Crippen molar-refractivity contribution in [1.29, 1.82) is 0 Å². The third kappa shape index (κ3) is 2.53. The zero-order valence-electron chi connectivity index (χ0n) is 9.73. The van der Waals surface area contributed by atoms with E-state index < -0.39 is 0 Å². The molecule has 0 saturated heterocycles. The summed E-state index contributed by atoms with van der Waals surface area (Å²) in [4.78, 5) is 4.12. The van der Waals surface area contributed by atoms with Crippen LogP contribution in [0.15, 0.2) is 18.5 Å². The van der Waals surface area contributed by atoms with E-state index >= 15 is 0 Å². The second-order valence-electron chi connectivity index (χ2n) is 4.78. The van der Waals surface area contributed by atoms with Crippen LogP contribution in [0.3, 0.4) is 0 Å². The van der Waals surface area contributed by atoms with Gasteiger partial charge in [-0.05, 0) is 24.8 Å². The van der Waals surface area contributed by atoms with E-state index in [-0.39, 0.29) is 6.04 Å². The Morgan fingerprint density at radius 3 is 2.50 bits per heavy atom. The molecule has 1 heterocycles. The molecule has 4 N–H and O–H groups in total. The lowest BCUT2D eigenvalue weighted by atomic mass is 9.88. The number of pyridine rings is 1. The number of hydrogen-bond acceptors (Lipinski definition) is 3. The van der Waals surface area contributed by atoms with Crippen molar-refractivity contribution >= 4 is 5.69 Å². The van der Waals surface area contributed by atoms with Crippen LogP contribution in [0.25, 0.3) is 0 Å². The average Bonchev–Trinajstić information content (AvgIpc) is 2.57. The summed E-state index contributed by atoms with van der Waals surface area (Å²) < 4.78 is 0. The molecule has 16 heavy (non-hydrogen) atoms. The molecule has 3 heteroatoms. The smallest absolute Gasteiger partial charge is 0.0393 e. The minimum Gasteiger partial charge on any atom is -0.398 e. The lowest BCUT2D eigenvalue weighted by molar-refractivity contribution is 0.382. The van der Waals surface area contributed by atoms with Gasteiger partial charge in [-0.25, -0.2) is 0 Å². The second-order valence-corrected chi connectivity index (χ2v) is 4.78. The molecule has 1 atom stereocenters. The molecule has 1 aromatic heterocycles. The summed E-state index contributed by atoms with van der Waals surface area (Å²) in [6.07, 6.45) is 11.3. The monoisotopic (exact) mass is 219 g/mol. The summed E-state index contributed by atoms with van der Waals surface area (Å²) in [5, 5.41) is 0. The van der Waals surface area contributed by atoms with Crippen molar-refractivity contribution in [3.8, 4) is 0 Å². The molecule has 1 unspecified atom stereocenters. The topological polar surface area (TPSA) is 64.9 Å². The first-order chi connectivity index (χ1) is 7.79. The third-order valence-corrected chi connectivity index (χ3v) is 3.65. The first-order valence-corrected chi connectivity index (χ1v) is 6.24. The van der Waals surface area contributed by atoms with E-state index in [1.54, 1.807) is 6.20 Å². The molecule has 1 aliphatic carbocycles. The van der Waals surface area contributed by atoms with Crippen LogP contribution < -0.4 is 11.5 Å². The standard InChI is InChI=1S/C13H21N3/c14-12-7-8-16-9-11(12)13(15)10-5-3-1-2-4-6-10/h7-10,13H,1-6,15H2,(H2,14,16). The normalized spacial score (nSPS) is 20.3. The van der Waals surface area contributed by atoms with Crippen LogP contribution in [-0.4, -0.2) is 4.98 Å². The molecule has 0 aliphatic heterocycles. The van der Waals surface area contributed by atoms with Gasteiger partial charge in [0.05, 0.1) is 0 Å². The Morgan fingerprint density at radius 2 is 1.88 bits per heavy atom. The number of nitrogen functional groups attached to an aromatic ring is 1.